The van der Waals surface area contributed by atoms with E-state index in [0.29, 0.717) is 19.4 Å². The average Bonchev–Trinajstić information content (AvgIpc) is 3.11. The van der Waals surface area contributed by atoms with E-state index >= 15 is 0 Å². The van der Waals surface area contributed by atoms with Crippen molar-refractivity contribution in [3.05, 3.63) is 66.2 Å². The molecular formula is C20H19NO4S. The van der Waals surface area contributed by atoms with Gasteiger partial charge in [-0.3, -0.25) is 19.3 Å². The standard InChI is InChI=1S/C20H19NO4S/c22-17-12-7-13-21(17)18(23)14-25-20(24)19(15-8-3-1-4-9-15)26-16-10-5-2-6-11-16/h1-6,8-11,19H,7,12-14H2/t19-/m0/s1. The van der Waals surface area contributed by atoms with E-state index in [0.717, 1.165) is 15.4 Å². The van der Waals surface area contributed by atoms with Crippen LogP contribution in [0, 0.1) is 0 Å². The van der Waals surface area contributed by atoms with Crippen molar-refractivity contribution in [2.45, 2.75) is 23.0 Å². The molecule has 26 heavy (non-hydrogen) atoms. The van der Waals surface area contributed by atoms with Gasteiger partial charge in [-0.25, -0.2) is 0 Å². The average molecular weight is 369 g/mol. The highest BCUT2D eigenvalue weighted by Crippen LogP contribution is 2.36. The fourth-order valence-electron chi connectivity index (χ4n) is 2.71. The van der Waals surface area contributed by atoms with E-state index in [-0.39, 0.29) is 5.91 Å². The van der Waals surface area contributed by atoms with Gasteiger partial charge in [0, 0.05) is 17.9 Å². The Morgan fingerprint density at radius 3 is 2.31 bits per heavy atom. The first-order chi connectivity index (χ1) is 12.6. The molecule has 1 aliphatic rings. The van der Waals surface area contributed by atoms with E-state index in [1.165, 1.54) is 11.8 Å². The second-order valence-electron chi connectivity index (χ2n) is 5.87. The number of hydrogen-bond donors (Lipinski definition) is 0. The van der Waals surface area contributed by atoms with Crippen LogP contribution in [0.5, 0.6) is 0 Å². The molecule has 0 spiro atoms. The lowest BCUT2D eigenvalue weighted by molar-refractivity contribution is -0.154. The number of benzene rings is 2. The molecule has 2 aromatic carbocycles. The van der Waals surface area contributed by atoms with Gasteiger partial charge in [0.05, 0.1) is 0 Å². The Morgan fingerprint density at radius 2 is 1.69 bits per heavy atom. The molecule has 1 atom stereocenters. The Hall–Kier alpha value is -2.60. The number of hydrogen-bond acceptors (Lipinski definition) is 5. The Balaban J connectivity index is 1.68. The van der Waals surface area contributed by atoms with Crippen molar-refractivity contribution in [1.29, 1.82) is 0 Å². The van der Waals surface area contributed by atoms with E-state index in [2.05, 4.69) is 0 Å². The summed E-state index contributed by atoms with van der Waals surface area (Å²) in [6.45, 7) is -0.0145. The molecule has 2 amide bonds. The Morgan fingerprint density at radius 1 is 1.04 bits per heavy atom. The molecule has 2 aromatic rings. The second-order valence-corrected chi connectivity index (χ2v) is 7.05. The number of imide groups is 1. The van der Waals surface area contributed by atoms with Gasteiger partial charge in [0.25, 0.3) is 5.91 Å². The zero-order valence-corrected chi connectivity index (χ0v) is 15.0. The first-order valence-corrected chi connectivity index (χ1v) is 9.29. The van der Waals surface area contributed by atoms with Crippen molar-refractivity contribution >= 4 is 29.5 Å². The van der Waals surface area contributed by atoms with Gasteiger partial charge in [-0.15, -0.1) is 11.8 Å². The van der Waals surface area contributed by atoms with E-state index in [9.17, 15) is 14.4 Å². The largest absolute Gasteiger partial charge is 0.454 e. The number of amides is 2. The van der Waals surface area contributed by atoms with Gasteiger partial charge < -0.3 is 4.74 Å². The number of likely N-dealkylation sites (tertiary alicyclic amines) is 1. The van der Waals surface area contributed by atoms with Crippen LogP contribution in [0.1, 0.15) is 23.7 Å². The van der Waals surface area contributed by atoms with Gasteiger partial charge in [0.15, 0.2) is 6.61 Å². The molecule has 0 aliphatic carbocycles. The van der Waals surface area contributed by atoms with E-state index in [1.807, 2.05) is 60.7 Å². The van der Waals surface area contributed by atoms with Crippen molar-refractivity contribution in [3.8, 4) is 0 Å². The third-order valence-electron chi connectivity index (χ3n) is 4.03. The van der Waals surface area contributed by atoms with E-state index in [1.54, 1.807) is 0 Å². The van der Waals surface area contributed by atoms with Crippen LogP contribution in [0.3, 0.4) is 0 Å². The van der Waals surface area contributed by atoms with E-state index in [4.69, 9.17) is 4.74 Å². The van der Waals surface area contributed by atoms with Crippen molar-refractivity contribution in [2.75, 3.05) is 13.2 Å². The maximum absolute atomic E-state index is 12.7. The van der Waals surface area contributed by atoms with Crippen molar-refractivity contribution < 1.29 is 19.1 Å². The first-order valence-electron chi connectivity index (χ1n) is 8.41. The van der Waals surface area contributed by atoms with Gasteiger partial charge in [0.2, 0.25) is 5.91 Å². The molecule has 5 nitrogen and oxygen atoms in total. The molecule has 1 aliphatic heterocycles. The van der Waals surface area contributed by atoms with Crippen LogP contribution >= 0.6 is 11.8 Å². The van der Waals surface area contributed by atoms with Crippen molar-refractivity contribution in [2.24, 2.45) is 0 Å². The zero-order valence-electron chi connectivity index (χ0n) is 14.2. The number of ether oxygens (including phenoxy) is 1. The van der Waals surface area contributed by atoms with Gasteiger partial charge in [-0.1, -0.05) is 48.5 Å². The summed E-state index contributed by atoms with van der Waals surface area (Å²) in [6, 6.07) is 18.8. The predicted molar refractivity (Wildman–Crippen MR) is 98.4 cm³/mol. The lowest BCUT2D eigenvalue weighted by Crippen LogP contribution is -2.35. The Labute approximate surface area is 156 Å². The minimum absolute atomic E-state index is 0.204. The van der Waals surface area contributed by atoms with Crippen LogP contribution in [0.25, 0.3) is 0 Å². The highest BCUT2D eigenvalue weighted by atomic mass is 32.2. The summed E-state index contributed by atoms with van der Waals surface area (Å²) in [5.41, 5.74) is 0.802. The maximum Gasteiger partial charge on any atom is 0.324 e. The maximum atomic E-state index is 12.7. The number of rotatable bonds is 6. The fourth-order valence-corrected chi connectivity index (χ4v) is 3.76. The number of carbonyl (C=O) groups excluding carboxylic acids is 3. The predicted octanol–water partition coefficient (Wildman–Crippen LogP) is 3.21. The van der Waals surface area contributed by atoms with Crippen LogP contribution in [0.4, 0.5) is 0 Å². The number of nitrogens with zero attached hydrogens (tertiary/aromatic N) is 1. The van der Waals surface area contributed by atoms with Gasteiger partial charge in [0.1, 0.15) is 5.25 Å². The molecule has 0 radical (unpaired) electrons. The Bertz CT molecular complexity index is 779. The number of esters is 1. The molecule has 6 heteroatoms. The molecule has 1 heterocycles. The molecule has 0 bridgehead atoms. The molecule has 0 aromatic heterocycles. The molecule has 1 fully saturated rings. The summed E-state index contributed by atoms with van der Waals surface area (Å²) >= 11 is 1.37. The van der Waals surface area contributed by atoms with Crippen LogP contribution in [0.15, 0.2) is 65.6 Å². The summed E-state index contributed by atoms with van der Waals surface area (Å²) in [4.78, 5) is 38.5. The highest BCUT2D eigenvalue weighted by molar-refractivity contribution is 8.00. The van der Waals surface area contributed by atoms with Gasteiger partial charge in [-0.2, -0.15) is 0 Å². The molecular weight excluding hydrogens is 350 g/mol. The SMILES string of the molecule is O=C(OCC(=O)N1CCCC1=O)[C@@H](Sc1ccccc1)c1ccccc1. The fraction of sp³-hybridized carbons (Fsp3) is 0.250. The summed E-state index contributed by atoms with van der Waals surface area (Å²) in [7, 11) is 0. The number of thioether (sulfide) groups is 1. The van der Waals surface area contributed by atoms with E-state index < -0.39 is 23.7 Å². The molecule has 0 N–H and O–H groups in total. The molecule has 1 saturated heterocycles. The van der Waals surface area contributed by atoms with Crippen molar-refractivity contribution in [3.63, 3.8) is 0 Å². The Kier molecular flexibility index (Phi) is 6.07. The second kappa shape index (κ2) is 8.67. The van der Waals surface area contributed by atoms with Gasteiger partial charge >= 0.3 is 5.97 Å². The highest BCUT2D eigenvalue weighted by Gasteiger charge is 2.29. The molecule has 134 valence electrons. The lowest BCUT2D eigenvalue weighted by atomic mass is 10.1. The minimum Gasteiger partial charge on any atom is -0.454 e. The molecule has 3 rings (SSSR count). The normalized spacial score (nSPS) is 14.9. The topological polar surface area (TPSA) is 63.7 Å². The summed E-state index contributed by atoms with van der Waals surface area (Å²) < 4.78 is 5.25. The van der Waals surface area contributed by atoms with Crippen LogP contribution in [0.2, 0.25) is 0 Å². The van der Waals surface area contributed by atoms with Crippen molar-refractivity contribution in [1.82, 2.24) is 4.90 Å². The smallest absolute Gasteiger partial charge is 0.324 e. The first kappa shape index (κ1) is 18.2. The summed E-state index contributed by atoms with van der Waals surface area (Å²) in [5, 5.41) is -0.583. The summed E-state index contributed by atoms with van der Waals surface area (Å²) in [6.07, 6.45) is 1.03. The minimum atomic E-state index is -0.583. The van der Waals surface area contributed by atoms with Crippen LogP contribution in [-0.4, -0.2) is 35.8 Å². The lowest BCUT2D eigenvalue weighted by Gasteiger charge is -2.18. The quantitative estimate of drug-likeness (QED) is 0.578. The molecule has 0 saturated carbocycles. The third kappa shape index (κ3) is 4.52. The number of carbonyl (C=O) groups is 3. The summed E-state index contributed by atoms with van der Waals surface area (Å²) in [5.74, 6) is -1.16. The zero-order chi connectivity index (χ0) is 18.4. The van der Waals surface area contributed by atoms with Crippen LogP contribution in [-0.2, 0) is 19.1 Å². The van der Waals surface area contributed by atoms with Crippen LogP contribution < -0.4 is 0 Å². The van der Waals surface area contributed by atoms with Gasteiger partial charge in [-0.05, 0) is 24.1 Å². The third-order valence-corrected chi connectivity index (χ3v) is 5.27. The monoisotopic (exact) mass is 369 g/mol. The molecule has 0 unspecified atom stereocenters.